The number of hydrogen-bond acceptors (Lipinski definition) is 5. The second kappa shape index (κ2) is 11.3. The van der Waals surface area contributed by atoms with Crippen molar-refractivity contribution in [2.24, 2.45) is 5.41 Å². The van der Waals surface area contributed by atoms with Crippen LogP contribution in [0.25, 0.3) is 0 Å². The molecule has 4 rings (SSSR count). The summed E-state index contributed by atoms with van der Waals surface area (Å²) in [6.45, 7) is 10.2. The highest BCUT2D eigenvalue weighted by Gasteiger charge is 2.32. The quantitative estimate of drug-likeness (QED) is 0.534. The molecule has 0 atom stereocenters. The fourth-order valence-corrected chi connectivity index (χ4v) is 3.94. The summed E-state index contributed by atoms with van der Waals surface area (Å²) in [6, 6.07) is 13.2. The molecule has 0 bridgehead atoms. The molecule has 1 aromatic carbocycles. The molecule has 1 saturated heterocycles. The summed E-state index contributed by atoms with van der Waals surface area (Å²) in [5.41, 5.74) is 3.21. The van der Waals surface area contributed by atoms with Crippen LogP contribution in [0.3, 0.4) is 0 Å². The molecule has 0 spiro atoms. The first-order chi connectivity index (χ1) is 16.4. The van der Waals surface area contributed by atoms with Gasteiger partial charge < -0.3 is 9.30 Å². The Labute approximate surface area is 201 Å². The van der Waals surface area contributed by atoms with Crippen molar-refractivity contribution in [3.63, 3.8) is 0 Å². The topological polar surface area (TPSA) is 60.3 Å². The summed E-state index contributed by atoms with van der Waals surface area (Å²) in [5, 5.41) is 0. The largest absolute Gasteiger partial charge is 0.485 e. The van der Waals surface area contributed by atoms with E-state index in [9.17, 15) is 4.79 Å². The van der Waals surface area contributed by atoms with Crippen molar-refractivity contribution in [1.82, 2.24) is 19.4 Å². The van der Waals surface area contributed by atoms with Gasteiger partial charge in [0.25, 0.3) is 5.56 Å². The number of benzene rings is 1. The van der Waals surface area contributed by atoms with Crippen LogP contribution in [-0.2, 0) is 13.2 Å². The number of terminal acetylenes is 1. The molecule has 2 aromatic heterocycles. The van der Waals surface area contributed by atoms with Crippen LogP contribution in [0.2, 0.25) is 0 Å². The molecule has 1 fully saturated rings. The molecule has 0 saturated carbocycles. The molecule has 0 aliphatic carbocycles. The van der Waals surface area contributed by atoms with Crippen LogP contribution in [-0.4, -0.2) is 39.1 Å². The summed E-state index contributed by atoms with van der Waals surface area (Å²) in [5.74, 6) is 7.59. The van der Waals surface area contributed by atoms with Crippen molar-refractivity contribution in [2.45, 2.75) is 33.9 Å². The van der Waals surface area contributed by atoms with Crippen LogP contribution in [0.15, 0.2) is 59.7 Å². The first-order valence-corrected chi connectivity index (χ1v) is 11.1. The van der Waals surface area contributed by atoms with Gasteiger partial charge in [-0.25, -0.2) is 9.97 Å². The summed E-state index contributed by atoms with van der Waals surface area (Å²) < 4.78 is 7.43. The van der Waals surface area contributed by atoms with Gasteiger partial charge in [0.2, 0.25) is 0 Å². The van der Waals surface area contributed by atoms with E-state index in [1.165, 1.54) is 6.07 Å². The summed E-state index contributed by atoms with van der Waals surface area (Å²) in [4.78, 5) is 23.3. The highest BCUT2D eigenvalue weighted by molar-refractivity contribution is 5.37. The number of hydrogen-bond donors (Lipinski definition) is 0. The molecule has 0 radical (unpaired) electrons. The third-order valence-electron chi connectivity index (χ3n) is 5.43. The third-order valence-corrected chi connectivity index (χ3v) is 5.43. The second-order valence-electron chi connectivity index (χ2n) is 9.02. The maximum absolute atomic E-state index is 12.7. The van der Waals surface area contributed by atoms with E-state index in [0.717, 1.165) is 36.5 Å². The smallest absolute Gasteiger partial charge is 0.254 e. The Bertz CT molecular complexity index is 1220. The Morgan fingerprint density at radius 3 is 2.38 bits per heavy atom. The second-order valence-corrected chi connectivity index (χ2v) is 9.02. The highest BCUT2D eigenvalue weighted by Crippen LogP contribution is 2.27. The number of aryl methyl sites for hydroxylation is 1. The normalized spacial score (nSPS) is 14.0. The molecule has 3 aromatic rings. The Hall–Kier alpha value is -3.87. The molecule has 6 heteroatoms. The van der Waals surface area contributed by atoms with Gasteiger partial charge in [-0.3, -0.25) is 9.69 Å². The van der Waals surface area contributed by atoms with Gasteiger partial charge in [0.05, 0.1) is 13.1 Å². The number of rotatable bonds is 6. The monoisotopic (exact) mass is 454 g/mol. The maximum atomic E-state index is 12.7. The minimum absolute atomic E-state index is 0.102. The van der Waals surface area contributed by atoms with Crippen LogP contribution >= 0.6 is 0 Å². The van der Waals surface area contributed by atoms with Crippen LogP contribution in [0.1, 0.15) is 36.5 Å². The third kappa shape index (κ3) is 6.81. The zero-order valence-electron chi connectivity index (χ0n) is 20.0. The van der Waals surface area contributed by atoms with E-state index in [1.54, 1.807) is 23.0 Å². The molecular weight excluding hydrogens is 424 g/mol. The van der Waals surface area contributed by atoms with Crippen molar-refractivity contribution in [2.75, 3.05) is 19.6 Å². The Balaban J connectivity index is 0.00000158. The number of pyridine rings is 1. The van der Waals surface area contributed by atoms with Crippen LogP contribution in [0, 0.1) is 37.0 Å². The minimum atomic E-state index is -0.102. The van der Waals surface area contributed by atoms with Crippen LogP contribution in [0.4, 0.5) is 0 Å². The Morgan fingerprint density at radius 2 is 1.76 bits per heavy atom. The summed E-state index contributed by atoms with van der Waals surface area (Å²) >= 11 is 0. The zero-order chi connectivity index (χ0) is 24.6. The number of ether oxygens (including phenoxy) is 1. The van der Waals surface area contributed by atoms with E-state index in [1.807, 2.05) is 37.3 Å². The minimum Gasteiger partial charge on any atom is -0.485 e. The van der Waals surface area contributed by atoms with Gasteiger partial charge >= 0.3 is 0 Å². The fourth-order valence-electron chi connectivity index (χ4n) is 3.94. The van der Waals surface area contributed by atoms with Gasteiger partial charge in [0, 0.05) is 42.8 Å². The first-order valence-electron chi connectivity index (χ1n) is 11.1. The molecule has 1 aliphatic rings. The Morgan fingerprint density at radius 1 is 1.09 bits per heavy atom. The predicted molar refractivity (Wildman–Crippen MR) is 134 cm³/mol. The average molecular weight is 455 g/mol. The van der Waals surface area contributed by atoms with E-state index in [2.05, 4.69) is 53.4 Å². The molecule has 3 heterocycles. The van der Waals surface area contributed by atoms with Crippen LogP contribution < -0.4 is 10.3 Å². The summed E-state index contributed by atoms with van der Waals surface area (Å²) in [7, 11) is 0. The number of nitrogens with zero attached hydrogens (tertiary/aromatic N) is 4. The van der Waals surface area contributed by atoms with Crippen molar-refractivity contribution >= 4 is 0 Å². The van der Waals surface area contributed by atoms with Gasteiger partial charge in [-0.15, -0.1) is 12.8 Å². The number of likely N-dealkylation sites (tertiary alicyclic amines) is 1. The van der Waals surface area contributed by atoms with Crippen molar-refractivity contribution in [3.05, 3.63) is 87.9 Å². The van der Waals surface area contributed by atoms with E-state index >= 15 is 0 Å². The van der Waals surface area contributed by atoms with E-state index in [-0.39, 0.29) is 12.2 Å². The lowest BCUT2D eigenvalue weighted by atomic mass is 9.84. The van der Waals surface area contributed by atoms with Crippen molar-refractivity contribution < 1.29 is 4.74 Å². The van der Waals surface area contributed by atoms with Crippen LogP contribution in [0.5, 0.6) is 5.75 Å². The maximum Gasteiger partial charge on any atom is 0.254 e. The molecule has 0 N–H and O–H groups in total. The SMILES string of the molecule is C#C.Cc1cc(OCc2ncccn2)cc(=O)n1Cc1ccc(C#CCN2CC(C)(C)C2)cc1. The molecule has 174 valence electrons. The highest BCUT2D eigenvalue weighted by atomic mass is 16.5. The standard InChI is InChI=1S/C26H28N4O2.C2H2/c1-20-14-23(32-17-24-27-11-5-12-28-24)15-25(31)30(20)16-22-9-7-21(8-10-22)6-4-13-29-18-26(2,3)19-29;1-2/h5,7-12,14-15H,13,16-19H2,1-3H3;1-2H. The molecule has 6 nitrogen and oxygen atoms in total. The van der Waals surface area contributed by atoms with Gasteiger partial charge in [-0.05, 0) is 42.2 Å². The Kier molecular flexibility index (Phi) is 8.24. The first kappa shape index (κ1) is 24.8. The lowest BCUT2D eigenvalue weighted by Crippen LogP contribution is -2.52. The van der Waals surface area contributed by atoms with Crippen molar-refractivity contribution in [1.29, 1.82) is 0 Å². The van der Waals surface area contributed by atoms with Gasteiger partial charge in [0.1, 0.15) is 12.4 Å². The van der Waals surface area contributed by atoms with Gasteiger partial charge in [-0.1, -0.05) is 37.8 Å². The van der Waals surface area contributed by atoms with E-state index in [0.29, 0.717) is 23.5 Å². The predicted octanol–water partition coefficient (Wildman–Crippen LogP) is 3.52. The molecule has 1 aliphatic heterocycles. The lowest BCUT2D eigenvalue weighted by Gasteiger charge is -2.44. The molecular formula is C28H30N4O2. The fraction of sp³-hybridized carbons (Fsp3) is 0.321. The van der Waals surface area contributed by atoms with E-state index < -0.39 is 0 Å². The van der Waals surface area contributed by atoms with Gasteiger partial charge in [-0.2, -0.15) is 0 Å². The van der Waals surface area contributed by atoms with Crippen molar-refractivity contribution in [3.8, 4) is 30.4 Å². The molecule has 0 unspecified atom stereocenters. The number of aromatic nitrogens is 3. The zero-order valence-corrected chi connectivity index (χ0v) is 20.0. The average Bonchev–Trinajstić information content (AvgIpc) is 2.82. The molecule has 0 amide bonds. The molecule has 34 heavy (non-hydrogen) atoms. The lowest BCUT2D eigenvalue weighted by molar-refractivity contribution is 0.0443. The van der Waals surface area contributed by atoms with Gasteiger partial charge in [0.15, 0.2) is 5.82 Å². The summed E-state index contributed by atoms with van der Waals surface area (Å²) in [6.07, 6.45) is 11.3. The van der Waals surface area contributed by atoms with E-state index in [4.69, 9.17) is 4.74 Å².